The Morgan fingerprint density at radius 3 is 2.53 bits per heavy atom. The molecule has 1 heterocycles. The number of fused-ring (bicyclic) bond motifs is 1. The zero-order valence-corrected chi connectivity index (χ0v) is 11.3. The first-order chi connectivity index (χ1) is 9.09. The quantitative estimate of drug-likeness (QED) is 0.837. The fourth-order valence-electron chi connectivity index (χ4n) is 3.07. The summed E-state index contributed by atoms with van der Waals surface area (Å²) in [6.07, 6.45) is 1.13. The molecule has 0 bridgehead atoms. The molecule has 98 valence electrons. The van der Waals surface area contributed by atoms with Crippen LogP contribution in [0.15, 0.2) is 48.5 Å². The Balaban J connectivity index is 2.15. The molecular formula is C17H18O2. The van der Waals surface area contributed by atoms with Gasteiger partial charge in [0.15, 0.2) is 0 Å². The van der Waals surface area contributed by atoms with Gasteiger partial charge in [-0.2, -0.15) is 0 Å². The van der Waals surface area contributed by atoms with Crippen LogP contribution in [0.2, 0.25) is 0 Å². The lowest BCUT2D eigenvalue weighted by Crippen LogP contribution is -2.35. The van der Waals surface area contributed by atoms with Gasteiger partial charge < -0.3 is 9.84 Å². The van der Waals surface area contributed by atoms with Crippen molar-refractivity contribution in [2.75, 3.05) is 0 Å². The van der Waals surface area contributed by atoms with Crippen LogP contribution in [-0.2, 0) is 5.41 Å². The zero-order chi connectivity index (χ0) is 13.5. The van der Waals surface area contributed by atoms with E-state index < -0.39 is 0 Å². The largest absolute Gasteiger partial charge is 0.508 e. The second-order valence-corrected chi connectivity index (χ2v) is 5.51. The number of benzene rings is 2. The minimum absolute atomic E-state index is 0.0675. The van der Waals surface area contributed by atoms with E-state index in [1.165, 1.54) is 11.1 Å². The van der Waals surface area contributed by atoms with E-state index >= 15 is 0 Å². The third-order valence-corrected chi connectivity index (χ3v) is 4.01. The van der Waals surface area contributed by atoms with Crippen LogP contribution in [0, 0.1) is 0 Å². The van der Waals surface area contributed by atoms with Gasteiger partial charge in [-0.25, -0.2) is 0 Å². The number of aromatic hydroxyl groups is 1. The Bertz CT molecular complexity index is 588. The summed E-state index contributed by atoms with van der Waals surface area (Å²) in [4.78, 5) is 0. The summed E-state index contributed by atoms with van der Waals surface area (Å²) in [6, 6.07) is 15.7. The molecular weight excluding hydrogens is 236 g/mol. The fraction of sp³-hybridized carbons (Fsp3) is 0.294. The van der Waals surface area contributed by atoms with Crippen molar-refractivity contribution in [3.8, 4) is 11.5 Å². The maximum atomic E-state index is 9.46. The lowest BCUT2D eigenvalue weighted by atomic mass is 9.71. The van der Waals surface area contributed by atoms with Crippen LogP contribution >= 0.6 is 0 Å². The van der Waals surface area contributed by atoms with Gasteiger partial charge in [0.2, 0.25) is 0 Å². The molecule has 1 aliphatic heterocycles. The molecule has 0 saturated heterocycles. The van der Waals surface area contributed by atoms with Crippen LogP contribution in [0.3, 0.4) is 0 Å². The number of phenolic OH excluding ortho intramolecular Hbond substituents is 1. The van der Waals surface area contributed by atoms with Crippen molar-refractivity contribution < 1.29 is 9.84 Å². The molecule has 1 N–H and O–H groups in total. The predicted molar refractivity (Wildman–Crippen MR) is 75.7 cm³/mol. The first kappa shape index (κ1) is 12.1. The monoisotopic (exact) mass is 254 g/mol. The van der Waals surface area contributed by atoms with Crippen molar-refractivity contribution >= 4 is 0 Å². The van der Waals surface area contributed by atoms with E-state index in [-0.39, 0.29) is 11.5 Å². The molecule has 3 rings (SSSR count). The SMILES string of the molecule is C[C@@H]1C[C@@](C)(c2ccc(O)cc2)c2ccccc2O1. The molecule has 0 amide bonds. The highest BCUT2D eigenvalue weighted by atomic mass is 16.5. The Morgan fingerprint density at radius 1 is 1.11 bits per heavy atom. The number of ether oxygens (including phenoxy) is 1. The molecule has 0 unspecified atom stereocenters. The van der Waals surface area contributed by atoms with Gasteiger partial charge in [0.05, 0.1) is 6.10 Å². The first-order valence-corrected chi connectivity index (χ1v) is 6.65. The molecule has 0 aromatic heterocycles. The summed E-state index contributed by atoms with van der Waals surface area (Å²) in [6.45, 7) is 4.35. The van der Waals surface area contributed by atoms with Crippen molar-refractivity contribution in [2.24, 2.45) is 0 Å². The topological polar surface area (TPSA) is 29.5 Å². The summed E-state index contributed by atoms with van der Waals surface area (Å²) in [7, 11) is 0. The van der Waals surface area contributed by atoms with Crippen molar-refractivity contribution in [1.82, 2.24) is 0 Å². The molecule has 2 heteroatoms. The second-order valence-electron chi connectivity index (χ2n) is 5.51. The third kappa shape index (κ3) is 1.97. The number of para-hydroxylation sites is 1. The van der Waals surface area contributed by atoms with Gasteiger partial charge in [-0.3, -0.25) is 0 Å². The number of hydrogen-bond acceptors (Lipinski definition) is 2. The fourth-order valence-corrected chi connectivity index (χ4v) is 3.07. The van der Waals surface area contributed by atoms with Gasteiger partial charge >= 0.3 is 0 Å². The smallest absolute Gasteiger partial charge is 0.123 e. The molecule has 2 atom stereocenters. The van der Waals surface area contributed by atoms with Crippen LogP contribution in [0.4, 0.5) is 0 Å². The van der Waals surface area contributed by atoms with E-state index in [1.807, 2.05) is 24.3 Å². The molecule has 0 aliphatic carbocycles. The Labute approximate surface area is 113 Å². The zero-order valence-electron chi connectivity index (χ0n) is 11.3. The van der Waals surface area contributed by atoms with E-state index in [0.29, 0.717) is 5.75 Å². The van der Waals surface area contributed by atoms with E-state index in [4.69, 9.17) is 4.74 Å². The number of hydrogen-bond donors (Lipinski definition) is 1. The van der Waals surface area contributed by atoms with Gasteiger partial charge in [0.1, 0.15) is 11.5 Å². The van der Waals surface area contributed by atoms with Gasteiger partial charge in [-0.1, -0.05) is 37.3 Å². The minimum Gasteiger partial charge on any atom is -0.508 e. The average Bonchev–Trinajstić information content (AvgIpc) is 2.39. The summed E-state index contributed by atoms with van der Waals surface area (Å²) < 4.78 is 5.92. The summed E-state index contributed by atoms with van der Waals surface area (Å²) in [5, 5.41) is 9.46. The third-order valence-electron chi connectivity index (χ3n) is 4.01. The highest BCUT2D eigenvalue weighted by molar-refractivity contribution is 5.49. The molecule has 2 aromatic rings. The number of phenols is 1. The maximum absolute atomic E-state index is 9.46. The normalized spacial score (nSPS) is 25.5. The molecule has 0 spiro atoms. The molecule has 0 fully saturated rings. The Kier molecular flexibility index (Phi) is 2.74. The van der Waals surface area contributed by atoms with Crippen LogP contribution in [0.25, 0.3) is 0 Å². The Hall–Kier alpha value is -1.96. The van der Waals surface area contributed by atoms with E-state index in [1.54, 1.807) is 12.1 Å². The molecule has 0 radical (unpaired) electrons. The van der Waals surface area contributed by atoms with Crippen molar-refractivity contribution in [2.45, 2.75) is 31.8 Å². The lowest BCUT2D eigenvalue weighted by Gasteiger charge is -2.39. The van der Waals surface area contributed by atoms with Crippen molar-refractivity contribution in [3.63, 3.8) is 0 Å². The molecule has 1 aliphatic rings. The first-order valence-electron chi connectivity index (χ1n) is 6.65. The van der Waals surface area contributed by atoms with Crippen LogP contribution in [0.5, 0.6) is 11.5 Å². The molecule has 0 saturated carbocycles. The summed E-state index contributed by atoms with van der Waals surface area (Å²) >= 11 is 0. The number of rotatable bonds is 1. The van der Waals surface area contributed by atoms with Gasteiger partial charge in [0.25, 0.3) is 0 Å². The molecule has 19 heavy (non-hydrogen) atoms. The molecule has 2 nitrogen and oxygen atoms in total. The molecule has 2 aromatic carbocycles. The van der Waals surface area contributed by atoms with Gasteiger partial charge in [-0.05, 0) is 37.1 Å². The predicted octanol–water partition coefficient (Wildman–Crippen LogP) is 3.87. The summed E-state index contributed by atoms with van der Waals surface area (Å²) in [5.41, 5.74) is 2.37. The van der Waals surface area contributed by atoms with E-state index in [9.17, 15) is 5.11 Å². The van der Waals surface area contributed by atoms with E-state index in [0.717, 1.165) is 12.2 Å². The van der Waals surface area contributed by atoms with Crippen molar-refractivity contribution in [3.05, 3.63) is 59.7 Å². The minimum atomic E-state index is -0.0675. The highest BCUT2D eigenvalue weighted by Crippen LogP contribution is 2.45. The van der Waals surface area contributed by atoms with Crippen LogP contribution in [-0.4, -0.2) is 11.2 Å². The van der Waals surface area contributed by atoms with E-state index in [2.05, 4.69) is 26.0 Å². The lowest BCUT2D eigenvalue weighted by molar-refractivity contribution is 0.157. The highest BCUT2D eigenvalue weighted by Gasteiger charge is 2.37. The maximum Gasteiger partial charge on any atom is 0.123 e. The van der Waals surface area contributed by atoms with Crippen LogP contribution in [0.1, 0.15) is 31.4 Å². The average molecular weight is 254 g/mol. The van der Waals surface area contributed by atoms with Crippen LogP contribution < -0.4 is 4.74 Å². The Morgan fingerprint density at radius 2 is 1.79 bits per heavy atom. The standard InChI is InChI=1S/C17H18O2/c1-12-11-17(2,13-7-9-14(18)10-8-13)15-5-3-4-6-16(15)19-12/h3-10,12,18H,11H2,1-2H3/t12-,17+/m1/s1. The van der Waals surface area contributed by atoms with Gasteiger partial charge in [0, 0.05) is 11.0 Å². The summed E-state index contributed by atoms with van der Waals surface area (Å²) in [5.74, 6) is 1.28. The second kappa shape index (κ2) is 4.30. The van der Waals surface area contributed by atoms with Gasteiger partial charge in [-0.15, -0.1) is 0 Å². The van der Waals surface area contributed by atoms with Crippen molar-refractivity contribution in [1.29, 1.82) is 0 Å².